The molecule has 1 fully saturated rings. The summed E-state index contributed by atoms with van der Waals surface area (Å²) in [6, 6.07) is 2.20. The van der Waals surface area contributed by atoms with Crippen LogP contribution in [0.1, 0.15) is 24.8 Å². The van der Waals surface area contributed by atoms with Crippen molar-refractivity contribution < 1.29 is 4.74 Å². The molecule has 1 N–H and O–H groups in total. The molecule has 0 radical (unpaired) electrons. The Kier molecular flexibility index (Phi) is 5.32. The quantitative estimate of drug-likeness (QED) is 0.669. The molecule has 1 aliphatic rings. The number of hydrogen-bond acceptors (Lipinski definition) is 3. The molecule has 3 heteroatoms. The molecule has 0 aliphatic heterocycles. The summed E-state index contributed by atoms with van der Waals surface area (Å²) < 4.78 is 5.57. The highest BCUT2D eigenvalue weighted by Crippen LogP contribution is 2.28. The van der Waals surface area contributed by atoms with Crippen LogP contribution in [0, 0.1) is 5.92 Å². The van der Waals surface area contributed by atoms with E-state index in [1.807, 2.05) is 0 Å². The first-order valence-corrected chi connectivity index (χ1v) is 7.19. The predicted molar refractivity (Wildman–Crippen MR) is 69.1 cm³/mol. The van der Waals surface area contributed by atoms with Crippen LogP contribution in [-0.2, 0) is 11.2 Å². The van der Waals surface area contributed by atoms with Crippen molar-refractivity contribution in [1.82, 2.24) is 5.32 Å². The number of rotatable bonds is 9. The molecule has 1 aliphatic carbocycles. The standard InChI is InChI=1S/C13H21NOS/c1(8-15-10-12-2-3-12)6-14-7-4-13-5-9-16-11-13/h5,9,11-12,14H,1-4,6-8,10H2. The Morgan fingerprint density at radius 1 is 1.38 bits per heavy atom. The van der Waals surface area contributed by atoms with Crippen molar-refractivity contribution in [2.45, 2.75) is 25.7 Å². The van der Waals surface area contributed by atoms with E-state index in [1.54, 1.807) is 11.3 Å². The van der Waals surface area contributed by atoms with Crippen molar-refractivity contribution in [3.05, 3.63) is 22.4 Å². The van der Waals surface area contributed by atoms with Crippen molar-refractivity contribution in [3.8, 4) is 0 Å². The molecule has 1 saturated carbocycles. The summed E-state index contributed by atoms with van der Waals surface area (Å²) in [7, 11) is 0. The minimum Gasteiger partial charge on any atom is -0.381 e. The van der Waals surface area contributed by atoms with Gasteiger partial charge in [0.15, 0.2) is 0 Å². The number of nitrogens with one attached hydrogen (secondary N) is 1. The van der Waals surface area contributed by atoms with Crippen molar-refractivity contribution in [3.63, 3.8) is 0 Å². The zero-order valence-electron chi connectivity index (χ0n) is 9.78. The Hall–Kier alpha value is -0.380. The normalized spacial score (nSPS) is 15.5. The molecular weight excluding hydrogens is 218 g/mol. The van der Waals surface area contributed by atoms with Crippen LogP contribution >= 0.6 is 11.3 Å². The van der Waals surface area contributed by atoms with E-state index in [9.17, 15) is 0 Å². The molecule has 0 bridgehead atoms. The molecular formula is C13H21NOS. The summed E-state index contributed by atoms with van der Waals surface area (Å²) in [5.41, 5.74) is 1.45. The second kappa shape index (κ2) is 7.05. The molecule has 0 aromatic carbocycles. The average molecular weight is 239 g/mol. The zero-order valence-corrected chi connectivity index (χ0v) is 10.6. The second-order valence-electron chi connectivity index (χ2n) is 4.50. The zero-order chi connectivity index (χ0) is 11.1. The number of thiophene rings is 1. The summed E-state index contributed by atoms with van der Waals surface area (Å²) >= 11 is 1.78. The van der Waals surface area contributed by atoms with Crippen LogP contribution < -0.4 is 5.32 Å². The maximum atomic E-state index is 5.57. The van der Waals surface area contributed by atoms with Gasteiger partial charge >= 0.3 is 0 Å². The molecule has 0 amide bonds. The van der Waals surface area contributed by atoms with Gasteiger partial charge in [0.25, 0.3) is 0 Å². The third-order valence-corrected chi connectivity index (χ3v) is 3.60. The largest absolute Gasteiger partial charge is 0.381 e. The SMILES string of the molecule is c1cc(CCNCCCOCC2CC2)cs1. The lowest BCUT2D eigenvalue weighted by Crippen LogP contribution is -2.19. The van der Waals surface area contributed by atoms with E-state index in [1.165, 1.54) is 18.4 Å². The van der Waals surface area contributed by atoms with E-state index in [0.29, 0.717) is 0 Å². The average Bonchev–Trinajstić information content (AvgIpc) is 2.97. The molecule has 0 unspecified atom stereocenters. The Balaban J connectivity index is 1.34. The van der Waals surface area contributed by atoms with Gasteiger partial charge in [-0.05, 0) is 67.1 Å². The third kappa shape index (κ3) is 5.10. The number of ether oxygens (including phenoxy) is 1. The molecule has 90 valence electrons. The summed E-state index contributed by atoms with van der Waals surface area (Å²) in [4.78, 5) is 0. The first-order chi connectivity index (χ1) is 7.95. The molecule has 0 saturated heterocycles. The van der Waals surface area contributed by atoms with Gasteiger partial charge in [-0.3, -0.25) is 0 Å². The molecule has 1 aromatic rings. The maximum Gasteiger partial charge on any atom is 0.0494 e. The van der Waals surface area contributed by atoms with Crippen LogP contribution in [0.25, 0.3) is 0 Å². The van der Waals surface area contributed by atoms with Crippen LogP contribution in [0.4, 0.5) is 0 Å². The van der Waals surface area contributed by atoms with E-state index < -0.39 is 0 Å². The third-order valence-electron chi connectivity index (χ3n) is 2.86. The van der Waals surface area contributed by atoms with Crippen molar-refractivity contribution in [2.75, 3.05) is 26.3 Å². The summed E-state index contributed by atoms with van der Waals surface area (Å²) in [5.74, 6) is 0.895. The van der Waals surface area contributed by atoms with E-state index in [-0.39, 0.29) is 0 Å². The predicted octanol–water partition coefficient (Wildman–Crippen LogP) is 2.70. The lowest BCUT2D eigenvalue weighted by Gasteiger charge is -2.04. The topological polar surface area (TPSA) is 21.3 Å². The highest BCUT2D eigenvalue weighted by Gasteiger charge is 2.20. The molecule has 0 spiro atoms. The van der Waals surface area contributed by atoms with Gasteiger partial charge < -0.3 is 10.1 Å². The molecule has 0 atom stereocenters. The van der Waals surface area contributed by atoms with E-state index in [0.717, 1.165) is 45.1 Å². The van der Waals surface area contributed by atoms with Crippen molar-refractivity contribution in [1.29, 1.82) is 0 Å². The van der Waals surface area contributed by atoms with Gasteiger partial charge in [0.1, 0.15) is 0 Å². The van der Waals surface area contributed by atoms with E-state index >= 15 is 0 Å². The van der Waals surface area contributed by atoms with Crippen LogP contribution in [0.15, 0.2) is 16.8 Å². The second-order valence-corrected chi connectivity index (χ2v) is 5.28. The Bertz CT molecular complexity index is 269. The van der Waals surface area contributed by atoms with E-state index in [2.05, 4.69) is 22.1 Å². The fourth-order valence-corrected chi connectivity index (χ4v) is 2.33. The monoisotopic (exact) mass is 239 g/mol. The highest BCUT2D eigenvalue weighted by molar-refractivity contribution is 7.07. The van der Waals surface area contributed by atoms with Gasteiger partial charge in [-0.15, -0.1) is 0 Å². The van der Waals surface area contributed by atoms with Crippen LogP contribution in [0.3, 0.4) is 0 Å². The molecule has 2 rings (SSSR count). The van der Waals surface area contributed by atoms with Crippen LogP contribution in [0.5, 0.6) is 0 Å². The molecule has 2 nitrogen and oxygen atoms in total. The first kappa shape index (κ1) is 12.1. The minimum atomic E-state index is 0.895. The fourth-order valence-electron chi connectivity index (χ4n) is 1.63. The summed E-state index contributed by atoms with van der Waals surface area (Å²) in [5, 5.41) is 7.81. The van der Waals surface area contributed by atoms with Gasteiger partial charge in [-0.1, -0.05) is 0 Å². The van der Waals surface area contributed by atoms with Gasteiger partial charge in [-0.2, -0.15) is 11.3 Å². The smallest absolute Gasteiger partial charge is 0.0494 e. The van der Waals surface area contributed by atoms with Gasteiger partial charge in [0.05, 0.1) is 0 Å². The Morgan fingerprint density at radius 3 is 3.06 bits per heavy atom. The maximum absolute atomic E-state index is 5.57. The fraction of sp³-hybridized carbons (Fsp3) is 0.692. The summed E-state index contributed by atoms with van der Waals surface area (Å²) in [6.07, 6.45) is 5.06. The van der Waals surface area contributed by atoms with Crippen molar-refractivity contribution >= 4 is 11.3 Å². The summed E-state index contributed by atoms with van der Waals surface area (Å²) in [6.45, 7) is 4.07. The van der Waals surface area contributed by atoms with Gasteiger partial charge in [-0.25, -0.2) is 0 Å². The molecule has 1 heterocycles. The minimum absolute atomic E-state index is 0.895. The first-order valence-electron chi connectivity index (χ1n) is 6.24. The van der Waals surface area contributed by atoms with Crippen LogP contribution in [0.2, 0.25) is 0 Å². The lowest BCUT2D eigenvalue weighted by molar-refractivity contribution is 0.122. The lowest BCUT2D eigenvalue weighted by atomic mass is 10.2. The van der Waals surface area contributed by atoms with Crippen LogP contribution in [-0.4, -0.2) is 26.3 Å². The van der Waals surface area contributed by atoms with Gasteiger partial charge in [0.2, 0.25) is 0 Å². The van der Waals surface area contributed by atoms with Gasteiger partial charge in [0, 0.05) is 13.2 Å². The van der Waals surface area contributed by atoms with E-state index in [4.69, 9.17) is 4.74 Å². The number of hydrogen-bond donors (Lipinski definition) is 1. The molecule has 16 heavy (non-hydrogen) atoms. The Labute approximate surface area is 102 Å². The Morgan fingerprint density at radius 2 is 2.31 bits per heavy atom. The molecule has 1 aromatic heterocycles. The highest BCUT2D eigenvalue weighted by atomic mass is 32.1. The van der Waals surface area contributed by atoms with Crippen molar-refractivity contribution in [2.24, 2.45) is 5.92 Å².